The van der Waals surface area contributed by atoms with Gasteiger partial charge in [-0.05, 0) is 48.9 Å². The zero-order chi connectivity index (χ0) is 23.2. The molecular weight excluding hydrogens is 452 g/mol. The predicted molar refractivity (Wildman–Crippen MR) is 130 cm³/mol. The Bertz CT molecular complexity index is 1460. The number of aromatic nitrogens is 4. The summed E-state index contributed by atoms with van der Waals surface area (Å²) in [5.41, 5.74) is 4.24. The number of anilines is 2. The molecule has 0 spiro atoms. The number of H-pyrrole nitrogens is 1. The zero-order valence-corrected chi connectivity index (χ0v) is 19.0. The van der Waals surface area contributed by atoms with E-state index in [9.17, 15) is 9.59 Å². The largest absolute Gasteiger partial charge is 0.379 e. The van der Waals surface area contributed by atoms with Gasteiger partial charge in [-0.25, -0.2) is 4.98 Å². The summed E-state index contributed by atoms with van der Waals surface area (Å²) < 4.78 is 2.05. The van der Waals surface area contributed by atoms with E-state index < -0.39 is 0 Å². The SMILES string of the molecule is O=C(Nc1cc(NCc2cn3cc(C4CC4)ccc3n2)cc(=O)[nH]1)[C@H]1C[C@@H]1c1cc(Cl)ccn1. The first-order valence-electron chi connectivity index (χ1n) is 11.4. The first kappa shape index (κ1) is 20.9. The third-order valence-corrected chi connectivity index (χ3v) is 6.63. The second-order valence-corrected chi connectivity index (χ2v) is 9.51. The third-order valence-electron chi connectivity index (χ3n) is 6.40. The minimum absolute atomic E-state index is 0.0437. The normalized spacial score (nSPS) is 19.2. The van der Waals surface area contributed by atoms with Gasteiger partial charge in [0, 0.05) is 59.0 Å². The summed E-state index contributed by atoms with van der Waals surface area (Å²) >= 11 is 6.03. The molecule has 8 nitrogen and oxygen atoms in total. The van der Waals surface area contributed by atoms with Crippen LogP contribution >= 0.6 is 11.6 Å². The standard InChI is InChI=1S/C25H23ClN6O2/c26-16-5-6-27-21(7-16)19-10-20(19)25(34)31-22-8-17(9-24(33)30-22)28-11-18-13-32-12-15(14-1-2-14)3-4-23(32)29-18/h3-9,12-14,19-20H,1-2,10-11H2,(H3,28,30,31,33,34)/t19-,20-/m0/s1. The molecule has 0 aromatic carbocycles. The Kier molecular flexibility index (Phi) is 5.10. The van der Waals surface area contributed by atoms with Crippen molar-refractivity contribution in [1.29, 1.82) is 0 Å². The number of carbonyl (C=O) groups is 1. The molecule has 0 saturated heterocycles. The third kappa shape index (κ3) is 4.41. The van der Waals surface area contributed by atoms with E-state index in [2.05, 4.69) is 42.2 Å². The van der Waals surface area contributed by atoms with Crippen molar-refractivity contribution in [2.75, 3.05) is 10.6 Å². The molecule has 0 radical (unpaired) electrons. The van der Waals surface area contributed by atoms with E-state index in [0.29, 0.717) is 35.4 Å². The number of hydrogen-bond donors (Lipinski definition) is 3. The van der Waals surface area contributed by atoms with Crippen LogP contribution in [-0.2, 0) is 11.3 Å². The Morgan fingerprint density at radius 3 is 2.88 bits per heavy atom. The van der Waals surface area contributed by atoms with Gasteiger partial charge in [0.05, 0.1) is 12.2 Å². The number of amides is 1. The second-order valence-electron chi connectivity index (χ2n) is 9.07. The van der Waals surface area contributed by atoms with Crippen molar-refractivity contribution in [3.63, 3.8) is 0 Å². The Hall–Kier alpha value is -3.65. The summed E-state index contributed by atoms with van der Waals surface area (Å²) in [6, 6.07) is 10.9. The average molecular weight is 475 g/mol. The first-order chi connectivity index (χ1) is 16.5. The second kappa shape index (κ2) is 8.29. The van der Waals surface area contributed by atoms with E-state index in [4.69, 9.17) is 11.6 Å². The van der Waals surface area contributed by atoms with Gasteiger partial charge in [-0.1, -0.05) is 17.7 Å². The molecule has 0 aliphatic heterocycles. The topological polar surface area (TPSA) is 104 Å². The van der Waals surface area contributed by atoms with Gasteiger partial charge >= 0.3 is 0 Å². The molecule has 34 heavy (non-hydrogen) atoms. The Balaban J connectivity index is 1.11. The lowest BCUT2D eigenvalue weighted by molar-refractivity contribution is -0.117. The number of carbonyl (C=O) groups excluding carboxylic acids is 1. The number of nitrogens with one attached hydrogen (secondary N) is 3. The summed E-state index contributed by atoms with van der Waals surface area (Å²) in [6.45, 7) is 0.461. The van der Waals surface area contributed by atoms with Gasteiger partial charge in [0.1, 0.15) is 11.5 Å². The van der Waals surface area contributed by atoms with Gasteiger partial charge in [-0.15, -0.1) is 0 Å². The first-order valence-corrected chi connectivity index (χ1v) is 11.8. The monoisotopic (exact) mass is 474 g/mol. The Morgan fingerprint density at radius 1 is 1.18 bits per heavy atom. The average Bonchev–Trinajstić information content (AvgIpc) is 3.73. The van der Waals surface area contributed by atoms with Crippen LogP contribution in [-0.4, -0.2) is 25.3 Å². The van der Waals surface area contributed by atoms with Gasteiger partial charge in [-0.2, -0.15) is 0 Å². The van der Waals surface area contributed by atoms with Crippen LogP contribution in [0.15, 0.2) is 59.8 Å². The molecule has 0 unspecified atom stereocenters. The fourth-order valence-corrected chi connectivity index (χ4v) is 4.54. The maximum absolute atomic E-state index is 12.7. The number of hydrogen-bond acceptors (Lipinski definition) is 5. The highest BCUT2D eigenvalue weighted by molar-refractivity contribution is 6.30. The van der Waals surface area contributed by atoms with E-state index in [0.717, 1.165) is 17.0 Å². The molecular formula is C25H23ClN6O2. The molecule has 2 aliphatic carbocycles. The summed E-state index contributed by atoms with van der Waals surface area (Å²) in [6.07, 6.45) is 9.02. The van der Waals surface area contributed by atoms with Crippen molar-refractivity contribution >= 4 is 34.7 Å². The lowest BCUT2D eigenvalue weighted by atomic mass is 10.2. The predicted octanol–water partition coefficient (Wildman–Crippen LogP) is 4.30. The maximum atomic E-state index is 12.7. The van der Waals surface area contributed by atoms with Gasteiger partial charge < -0.3 is 20.0 Å². The number of imidazole rings is 1. The molecule has 4 aromatic rings. The highest BCUT2D eigenvalue weighted by Crippen LogP contribution is 2.47. The molecule has 2 atom stereocenters. The quantitative estimate of drug-likeness (QED) is 0.370. The van der Waals surface area contributed by atoms with Crippen molar-refractivity contribution < 1.29 is 4.79 Å². The van der Waals surface area contributed by atoms with Crippen molar-refractivity contribution in [2.24, 2.45) is 5.92 Å². The van der Waals surface area contributed by atoms with Crippen molar-refractivity contribution in [3.05, 3.63) is 87.3 Å². The van der Waals surface area contributed by atoms with E-state index in [1.165, 1.54) is 24.5 Å². The minimum atomic E-state index is -0.298. The molecule has 2 fully saturated rings. The fourth-order valence-electron chi connectivity index (χ4n) is 4.37. The molecule has 4 aromatic heterocycles. The molecule has 172 valence electrons. The number of pyridine rings is 3. The van der Waals surface area contributed by atoms with Gasteiger partial charge in [0.25, 0.3) is 5.56 Å². The molecule has 1 amide bonds. The summed E-state index contributed by atoms with van der Waals surface area (Å²) in [4.78, 5) is 36.5. The summed E-state index contributed by atoms with van der Waals surface area (Å²) in [5.74, 6) is 0.748. The van der Waals surface area contributed by atoms with Crippen LogP contribution in [0.2, 0.25) is 5.02 Å². The lowest BCUT2D eigenvalue weighted by Crippen LogP contribution is -2.19. The van der Waals surface area contributed by atoms with Crippen LogP contribution in [0.1, 0.15) is 48.0 Å². The van der Waals surface area contributed by atoms with Crippen molar-refractivity contribution in [2.45, 2.75) is 37.6 Å². The smallest absolute Gasteiger partial charge is 0.251 e. The highest BCUT2D eigenvalue weighted by atomic mass is 35.5. The number of rotatable bonds is 7. The van der Waals surface area contributed by atoms with Crippen LogP contribution in [0.5, 0.6) is 0 Å². The van der Waals surface area contributed by atoms with Crippen LogP contribution in [0.3, 0.4) is 0 Å². The van der Waals surface area contributed by atoms with Gasteiger partial charge in [0.2, 0.25) is 5.91 Å². The number of aromatic amines is 1. The van der Waals surface area contributed by atoms with Crippen molar-refractivity contribution in [1.82, 2.24) is 19.4 Å². The van der Waals surface area contributed by atoms with E-state index in [1.54, 1.807) is 24.4 Å². The van der Waals surface area contributed by atoms with Crippen LogP contribution in [0.4, 0.5) is 11.5 Å². The summed E-state index contributed by atoms with van der Waals surface area (Å²) in [5, 5.41) is 6.67. The molecule has 2 saturated carbocycles. The van der Waals surface area contributed by atoms with Crippen LogP contribution in [0, 0.1) is 5.92 Å². The van der Waals surface area contributed by atoms with E-state index in [-0.39, 0.29) is 23.3 Å². The van der Waals surface area contributed by atoms with E-state index in [1.807, 2.05) is 12.3 Å². The summed E-state index contributed by atoms with van der Waals surface area (Å²) in [7, 11) is 0. The Labute approximate surface area is 200 Å². The van der Waals surface area contributed by atoms with Gasteiger partial charge in [0.15, 0.2) is 0 Å². The minimum Gasteiger partial charge on any atom is -0.379 e. The molecule has 0 bridgehead atoms. The fraction of sp³-hybridized carbons (Fsp3) is 0.280. The molecule has 4 heterocycles. The number of halogens is 1. The van der Waals surface area contributed by atoms with E-state index >= 15 is 0 Å². The maximum Gasteiger partial charge on any atom is 0.251 e. The van der Waals surface area contributed by atoms with Crippen molar-refractivity contribution in [3.8, 4) is 0 Å². The van der Waals surface area contributed by atoms with Crippen LogP contribution in [0.25, 0.3) is 5.65 Å². The highest BCUT2D eigenvalue weighted by Gasteiger charge is 2.45. The molecule has 2 aliphatic rings. The molecule has 9 heteroatoms. The Morgan fingerprint density at radius 2 is 2.06 bits per heavy atom. The lowest BCUT2D eigenvalue weighted by Gasteiger charge is -2.08. The molecule has 6 rings (SSSR count). The number of nitrogens with zero attached hydrogens (tertiary/aromatic N) is 3. The zero-order valence-electron chi connectivity index (χ0n) is 18.3. The van der Waals surface area contributed by atoms with Gasteiger partial charge in [-0.3, -0.25) is 14.6 Å². The number of fused-ring (bicyclic) bond motifs is 1. The molecule has 3 N–H and O–H groups in total. The van der Waals surface area contributed by atoms with Crippen LogP contribution < -0.4 is 16.2 Å².